The van der Waals surface area contributed by atoms with Crippen molar-refractivity contribution in [2.75, 3.05) is 0 Å². The summed E-state index contributed by atoms with van der Waals surface area (Å²) in [6, 6.07) is 8.15. The van der Waals surface area contributed by atoms with Gasteiger partial charge in [0.15, 0.2) is 0 Å². The van der Waals surface area contributed by atoms with Crippen molar-refractivity contribution < 1.29 is 9.84 Å². The Labute approximate surface area is 111 Å². The highest BCUT2D eigenvalue weighted by atomic mass is 32.1. The number of aryl methyl sites for hydroxylation is 1. The molecule has 1 atom stereocenters. The molecule has 0 saturated heterocycles. The molecular formula is C15H16O2S. The second-order valence-corrected chi connectivity index (χ2v) is 5.47. The van der Waals surface area contributed by atoms with Gasteiger partial charge in [-0.2, -0.15) is 11.3 Å². The van der Waals surface area contributed by atoms with Crippen LogP contribution in [0.5, 0.6) is 5.75 Å². The van der Waals surface area contributed by atoms with Crippen LogP contribution < -0.4 is 4.74 Å². The normalized spacial score (nSPS) is 18.4. The summed E-state index contributed by atoms with van der Waals surface area (Å²) in [7, 11) is 0. The van der Waals surface area contributed by atoms with E-state index in [1.54, 1.807) is 11.3 Å². The molecule has 1 N–H and O–H groups in total. The van der Waals surface area contributed by atoms with Crippen molar-refractivity contribution in [3.05, 3.63) is 51.7 Å². The molecule has 1 aromatic carbocycles. The summed E-state index contributed by atoms with van der Waals surface area (Å²) in [6.45, 7) is 0.596. The lowest BCUT2D eigenvalue weighted by Crippen LogP contribution is -2.09. The molecular weight excluding hydrogens is 244 g/mol. The number of aliphatic hydroxyl groups excluding tert-OH is 1. The molecule has 0 fully saturated rings. The number of ether oxygens (including phenoxy) is 1. The van der Waals surface area contributed by atoms with E-state index in [2.05, 4.69) is 22.9 Å². The Balaban J connectivity index is 1.75. The second kappa shape index (κ2) is 5.12. The van der Waals surface area contributed by atoms with Crippen molar-refractivity contribution in [3.63, 3.8) is 0 Å². The number of aliphatic hydroxyl groups is 1. The van der Waals surface area contributed by atoms with Crippen molar-refractivity contribution in [2.45, 2.75) is 32.0 Å². The van der Waals surface area contributed by atoms with Crippen LogP contribution in [0.1, 0.15) is 35.6 Å². The average Bonchev–Trinajstić information content (AvgIpc) is 2.90. The van der Waals surface area contributed by atoms with Crippen LogP contribution in [0, 0.1) is 0 Å². The van der Waals surface area contributed by atoms with Crippen molar-refractivity contribution in [1.29, 1.82) is 0 Å². The minimum atomic E-state index is -0.321. The van der Waals surface area contributed by atoms with E-state index in [1.807, 2.05) is 12.1 Å². The molecule has 18 heavy (non-hydrogen) atoms. The Morgan fingerprint density at radius 3 is 3.11 bits per heavy atom. The molecule has 94 valence electrons. The van der Waals surface area contributed by atoms with Gasteiger partial charge in [-0.1, -0.05) is 6.07 Å². The smallest absolute Gasteiger partial charge is 0.120 e. The first kappa shape index (κ1) is 11.8. The third-order valence-electron chi connectivity index (χ3n) is 3.39. The molecule has 0 saturated carbocycles. The minimum Gasteiger partial charge on any atom is -0.489 e. The number of hydrogen-bond acceptors (Lipinski definition) is 3. The molecule has 1 aliphatic carbocycles. The lowest BCUT2D eigenvalue weighted by molar-refractivity contribution is 0.156. The molecule has 3 rings (SSSR count). The molecule has 1 heterocycles. The third kappa shape index (κ3) is 2.42. The van der Waals surface area contributed by atoms with Gasteiger partial charge in [-0.15, -0.1) is 0 Å². The summed E-state index contributed by atoms with van der Waals surface area (Å²) < 4.78 is 5.76. The SMILES string of the molecule is OC1CCCc2ccc(OCc3ccsc3)cc21. The predicted molar refractivity (Wildman–Crippen MR) is 73.0 cm³/mol. The van der Waals surface area contributed by atoms with Crippen LogP contribution in [-0.4, -0.2) is 5.11 Å². The highest BCUT2D eigenvalue weighted by molar-refractivity contribution is 7.07. The monoisotopic (exact) mass is 260 g/mol. The highest BCUT2D eigenvalue weighted by Gasteiger charge is 2.18. The molecule has 1 aliphatic rings. The van der Waals surface area contributed by atoms with Crippen LogP contribution in [0.25, 0.3) is 0 Å². The molecule has 2 nitrogen and oxygen atoms in total. The van der Waals surface area contributed by atoms with Gasteiger partial charge < -0.3 is 9.84 Å². The summed E-state index contributed by atoms with van der Waals surface area (Å²) >= 11 is 1.68. The van der Waals surface area contributed by atoms with Gasteiger partial charge in [-0.25, -0.2) is 0 Å². The molecule has 1 aromatic heterocycles. The summed E-state index contributed by atoms with van der Waals surface area (Å²) in [5, 5.41) is 14.1. The zero-order valence-corrected chi connectivity index (χ0v) is 11.0. The Morgan fingerprint density at radius 1 is 1.33 bits per heavy atom. The van der Waals surface area contributed by atoms with Crippen LogP contribution in [0.2, 0.25) is 0 Å². The quantitative estimate of drug-likeness (QED) is 0.912. The third-order valence-corrected chi connectivity index (χ3v) is 4.12. The Morgan fingerprint density at radius 2 is 2.28 bits per heavy atom. The maximum Gasteiger partial charge on any atom is 0.120 e. The molecule has 0 amide bonds. The first-order valence-corrected chi connectivity index (χ1v) is 7.22. The van der Waals surface area contributed by atoms with Gasteiger partial charge in [0.1, 0.15) is 12.4 Å². The zero-order chi connectivity index (χ0) is 12.4. The van der Waals surface area contributed by atoms with Crippen LogP contribution in [0.4, 0.5) is 0 Å². The molecule has 0 radical (unpaired) electrons. The largest absolute Gasteiger partial charge is 0.489 e. The Hall–Kier alpha value is -1.32. The van der Waals surface area contributed by atoms with Crippen LogP contribution in [-0.2, 0) is 13.0 Å². The summed E-state index contributed by atoms with van der Waals surface area (Å²) in [4.78, 5) is 0. The second-order valence-electron chi connectivity index (χ2n) is 4.69. The molecule has 0 spiro atoms. The highest BCUT2D eigenvalue weighted by Crippen LogP contribution is 2.32. The van der Waals surface area contributed by atoms with E-state index in [0.717, 1.165) is 30.6 Å². The van der Waals surface area contributed by atoms with Crippen molar-refractivity contribution in [2.24, 2.45) is 0 Å². The average molecular weight is 260 g/mol. The van der Waals surface area contributed by atoms with Gasteiger partial charge in [0.05, 0.1) is 6.10 Å². The van der Waals surface area contributed by atoms with Gasteiger partial charge in [0.2, 0.25) is 0 Å². The zero-order valence-electron chi connectivity index (χ0n) is 10.1. The molecule has 0 bridgehead atoms. The van der Waals surface area contributed by atoms with E-state index in [4.69, 9.17) is 4.74 Å². The van der Waals surface area contributed by atoms with Crippen molar-refractivity contribution in [3.8, 4) is 5.75 Å². The molecule has 3 heteroatoms. The fourth-order valence-corrected chi connectivity index (χ4v) is 3.04. The van der Waals surface area contributed by atoms with Crippen LogP contribution in [0.15, 0.2) is 35.0 Å². The first-order chi connectivity index (χ1) is 8.83. The van der Waals surface area contributed by atoms with Crippen LogP contribution >= 0.6 is 11.3 Å². The van der Waals surface area contributed by atoms with E-state index in [1.165, 1.54) is 11.1 Å². The van der Waals surface area contributed by atoms with E-state index < -0.39 is 0 Å². The maximum absolute atomic E-state index is 9.98. The van der Waals surface area contributed by atoms with E-state index in [-0.39, 0.29) is 6.10 Å². The number of hydrogen-bond donors (Lipinski definition) is 1. The summed E-state index contributed by atoms with van der Waals surface area (Å²) in [5.41, 5.74) is 3.50. The summed E-state index contributed by atoms with van der Waals surface area (Å²) in [5.74, 6) is 0.848. The van der Waals surface area contributed by atoms with Gasteiger partial charge in [-0.05, 0) is 64.9 Å². The van der Waals surface area contributed by atoms with Gasteiger partial charge in [0, 0.05) is 0 Å². The lowest BCUT2D eigenvalue weighted by Gasteiger charge is -2.21. The Kier molecular flexibility index (Phi) is 3.35. The van der Waals surface area contributed by atoms with E-state index in [9.17, 15) is 5.11 Å². The molecule has 1 unspecified atom stereocenters. The number of benzene rings is 1. The Bertz CT molecular complexity index is 519. The fourth-order valence-electron chi connectivity index (χ4n) is 2.38. The number of fused-ring (bicyclic) bond motifs is 1. The van der Waals surface area contributed by atoms with Crippen LogP contribution in [0.3, 0.4) is 0 Å². The standard InChI is InChI=1S/C15H16O2S/c16-15-3-1-2-12-4-5-13(8-14(12)15)17-9-11-6-7-18-10-11/h4-8,10,15-16H,1-3,9H2. The lowest BCUT2D eigenvalue weighted by atomic mass is 9.89. The fraction of sp³-hybridized carbons (Fsp3) is 0.333. The minimum absolute atomic E-state index is 0.321. The summed E-state index contributed by atoms with van der Waals surface area (Å²) in [6.07, 6.45) is 2.68. The van der Waals surface area contributed by atoms with Gasteiger partial charge in [-0.3, -0.25) is 0 Å². The maximum atomic E-state index is 9.98. The van der Waals surface area contributed by atoms with Gasteiger partial charge in [0.25, 0.3) is 0 Å². The van der Waals surface area contributed by atoms with E-state index in [0.29, 0.717) is 6.61 Å². The number of rotatable bonds is 3. The first-order valence-electron chi connectivity index (χ1n) is 6.28. The van der Waals surface area contributed by atoms with Crippen molar-refractivity contribution >= 4 is 11.3 Å². The predicted octanol–water partition coefficient (Wildman–Crippen LogP) is 3.70. The molecule has 2 aromatic rings. The van der Waals surface area contributed by atoms with Gasteiger partial charge >= 0.3 is 0 Å². The molecule has 0 aliphatic heterocycles. The van der Waals surface area contributed by atoms with Crippen molar-refractivity contribution in [1.82, 2.24) is 0 Å². The van der Waals surface area contributed by atoms with E-state index >= 15 is 0 Å². The number of thiophene rings is 1. The topological polar surface area (TPSA) is 29.5 Å².